The van der Waals surface area contributed by atoms with E-state index >= 15 is 0 Å². The van der Waals surface area contributed by atoms with Crippen LogP contribution in [-0.2, 0) is 11.2 Å². The van der Waals surface area contributed by atoms with Crippen molar-refractivity contribution < 1.29 is 18.9 Å². The van der Waals surface area contributed by atoms with Crippen LogP contribution in [0.5, 0.6) is 5.75 Å². The van der Waals surface area contributed by atoms with Crippen molar-refractivity contribution in [2.75, 3.05) is 13.7 Å². The van der Waals surface area contributed by atoms with Gasteiger partial charge in [-0.2, -0.15) is 5.26 Å². The van der Waals surface area contributed by atoms with Crippen molar-refractivity contribution in [3.8, 4) is 23.1 Å². The number of carbonyl (C=O) groups is 1. The Kier molecular flexibility index (Phi) is 6.41. The summed E-state index contributed by atoms with van der Waals surface area (Å²) in [5, 5.41) is 24.3. The standard InChI is InChI=1S/C25H20N4O5/c1-33-24-13-18(29(31)32)6-8-21(24)23-9-7-19(34-23)12-17(14-26)25(30)27-11-10-16-15-28-22-5-3-2-4-20(16)22/h2-9,12-13,15,28H,10-11H2,1H3,(H,27,30)/b17-12-. The summed E-state index contributed by atoms with van der Waals surface area (Å²) >= 11 is 0. The van der Waals surface area contributed by atoms with Crippen LogP contribution in [0.4, 0.5) is 5.69 Å². The first-order valence-electron chi connectivity index (χ1n) is 10.4. The van der Waals surface area contributed by atoms with Gasteiger partial charge in [0.05, 0.1) is 23.7 Å². The summed E-state index contributed by atoms with van der Waals surface area (Å²) in [7, 11) is 1.40. The van der Waals surface area contributed by atoms with Crippen LogP contribution in [0.2, 0.25) is 0 Å². The van der Waals surface area contributed by atoms with Gasteiger partial charge < -0.3 is 19.5 Å². The number of carbonyl (C=O) groups excluding carboxylic acids is 1. The maximum Gasteiger partial charge on any atom is 0.273 e. The highest BCUT2D eigenvalue weighted by molar-refractivity contribution is 6.01. The third-order valence-corrected chi connectivity index (χ3v) is 5.29. The maximum atomic E-state index is 12.5. The van der Waals surface area contributed by atoms with E-state index in [1.165, 1.54) is 31.4 Å². The molecular formula is C25H20N4O5. The zero-order valence-corrected chi connectivity index (χ0v) is 18.2. The summed E-state index contributed by atoms with van der Waals surface area (Å²) in [5.41, 5.74) is 2.40. The number of aromatic nitrogens is 1. The van der Waals surface area contributed by atoms with Gasteiger partial charge in [0.25, 0.3) is 11.6 Å². The summed E-state index contributed by atoms with van der Waals surface area (Å²) in [6, 6.07) is 17.2. The molecule has 1 amide bonds. The van der Waals surface area contributed by atoms with Crippen LogP contribution < -0.4 is 10.1 Å². The molecule has 0 aliphatic heterocycles. The number of methoxy groups -OCH3 is 1. The Hall–Kier alpha value is -4.84. The van der Waals surface area contributed by atoms with Crippen molar-refractivity contribution in [1.82, 2.24) is 10.3 Å². The number of nitriles is 1. The van der Waals surface area contributed by atoms with E-state index in [1.54, 1.807) is 12.1 Å². The summed E-state index contributed by atoms with van der Waals surface area (Å²) in [5.74, 6) is 0.441. The average molecular weight is 456 g/mol. The third kappa shape index (κ3) is 4.66. The Balaban J connectivity index is 1.45. The molecular weight excluding hydrogens is 436 g/mol. The number of rotatable bonds is 8. The Labute approximate surface area is 194 Å². The summed E-state index contributed by atoms with van der Waals surface area (Å²) in [6.45, 7) is 0.364. The fourth-order valence-corrected chi connectivity index (χ4v) is 3.61. The highest BCUT2D eigenvalue weighted by atomic mass is 16.6. The smallest absolute Gasteiger partial charge is 0.273 e. The van der Waals surface area contributed by atoms with Crippen LogP contribution in [-0.4, -0.2) is 29.5 Å². The van der Waals surface area contributed by atoms with Crippen LogP contribution in [0, 0.1) is 21.4 Å². The lowest BCUT2D eigenvalue weighted by atomic mass is 10.1. The molecule has 0 atom stereocenters. The van der Waals surface area contributed by atoms with E-state index in [2.05, 4.69) is 10.3 Å². The van der Waals surface area contributed by atoms with E-state index in [-0.39, 0.29) is 17.0 Å². The van der Waals surface area contributed by atoms with Gasteiger partial charge in [-0.3, -0.25) is 14.9 Å². The second kappa shape index (κ2) is 9.75. The molecule has 2 N–H and O–H groups in total. The van der Waals surface area contributed by atoms with Crippen LogP contribution >= 0.6 is 0 Å². The van der Waals surface area contributed by atoms with E-state index < -0.39 is 10.8 Å². The number of furan rings is 1. The number of para-hydroxylation sites is 1. The molecule has 0 aliphatic carbocycles. The van der Waals surface area contributed by atoms with E-state index in [9.17, 15) is 20.2 Å². The molecule has 2 aromatic carbocycles. The molecule has 4 aromatic rings. The van der Waals surface area contributed by atoms with Crippen LogP contribution in [0.3, 0.4) is 0 Å². The number of hydrogen-bond donors (Lipinski definition) is 2. The molecule has 9 heteroatoms. The van der Waals surface area contributed by atoms with Gasteiger partial charge in [-0.1, -0.05) is 18.2 Å². The predicted molar refractivity (Wildman–Crippen MR) is 126 cm³/mol. The first-order valence-corrected chi connectivity index (χ1v) is 10.4. The largest absolute Gasteiger partial charge is 0.496 e. The highest BCUT2D eigenvalue weighted by Crippen LogP contribution is 2.34. The van der Waals surface area contributed by atoms with Crippen LogP contribution in [0.15, 0.2) is 70.8 Å². The van der Waals surface area contributed by atoms with Gasteiger partial charge in [-0.05, 0) is 36.2 Å². The Morgan fingerprint density at radius 2 is 2.09 bits per heavy atom. The Bertz CT molecular complexity index is 1440. The molecule has 0 aliphatic rings. The lowest BCUT2D eigenvalue weighted by molar-refractivity contribution is -0.384. The van der Waals surface area contributed by atoms with Gasteiger partial charge >= 0.3 is 0 Å². The number of nitrogens with zero attached hydrogens (tertiary/aromatic N) is 2. The highest BCUT2D eigenvalue weighted by Gasteiger charge is 2.16. The summed E-state index contributed by atoms with van der Waals surface area (Å²) < 4.78 is 11.0. The van der Waals surface area contributed by atoms with Crippen LogP contribution in [0.25, 0.3) is 28.3 Å². The lowest BCUT2D eigenvalue weighted by Crippen LogP contribution is -2.26. The normalized spacial score (nSPS) is 11.2. The number of nitrogens with one attached hydrogen (secondary N) is 2. The number of fused-ring (bicyclic) bond motifs is 1. The molecule has 9 nitrogen and oxygen atoms in total. The average Bonchev–Trinajstić information content (AvgIpc) is 3.49. The SMILES string of the molecule is COc1cc([N+](=O)[O-])ccc1-c1ccc(/C=C(/C#N)C(=O)NCCc2c[nH]c3ccccc23)o1. The fourth-order valence-electron chi connectivity index (χ4n) is 3.61. The second-order valence-electron chi connectivity index (χ2n) is 7.38. The molecule has 0 bridgehead atoms. The first-order chi connectivity index (χ1) is 16.5. The van der Waals surface area contributed by atoms with Crippen molar-refractivity contribution >= 4 is 28.6 Å². The first kappa shape index (κ1) is 22.4. The number of nitro groups is 1. The molecule has 0 fully saturated rings. The van der Waals surface area contributed by atoms with Crippen molar-refractivity contribution in [1.29, 1.82) is 5.26 Å². The molecule has 2 aromatic heterocycles. The van der Waals surface area contributed by atoms with Gasteiger partial charge in [0, 0.05) is 35.8 Å². The van der Waals surface area contributed by atoms with Crippen molar-refractivity contribution in [2.24, 2.45) is 0 Å². The third-order valence-electron chi connectivity index (χ3n) is 5.29. The quantitative estimate of drug-likeness (QED) is 0.172. The number of aromatic amines is 1. The minimum atomic E-state index is -0.515. The Morgan fingerprint density at radius 3 is 2.85 bits per heavy atom. The number of hydrogen-bond acceptors (Lipinski definition) is 6. The van der Waals surface area contributed by atoms with Gasteiger partial charge in [0.2, 0.25) is 0 Å². The molecule has 0 radical (unpaired) electrons. The van der Waals surface area contributed by atoms with Crippen molar-refractivity contribution in [3.63, 3.8) is 0 Å². The van der Waals surface area contributed by atoms with E-state index in [4.69, 9.17) is 9.15 Å². The maximum absolute atomic E-state index is 12.5. The second-order valence-corrected chi connectivity index (χ2v) is 7.38. The van der Waals surface area contributed by atoms with E-state index in [0.717, 1.165) is 16.5 Å². The molecule has 0 saturated carbocycles. The number of ether oxygens (including phenoxy) is 1. The fraction of sp³-hybridized carbons (Fsp3) is 0.120. The summed E-state index contributed by atoms with van der Waals surface area (Å²) in [6.07, 6.45) is 3.87. The predicted octanol–water partition coefficient (Wildman–Crippen LogP) is 4.61. The zero-order chi connectivity index (χ0) is 24.1. The van der Waals surface area contributed by atoms with E-state index in [0.29, 0.717) is 30.0 Å². The molecule has 170 valence electrons. The minimum absolute atomic E-state index is 0.101. The van der Waals surface area contributed by atoms with Gasteiger partial charge in [-0.25, -0.2) is 0 Å². The lowest BCUT2D eigenvalue weighted by Gasteiger charge is -2.06. The molecule has 0 spiro atoms. The number of amides is 1. The molecule has 4 rings (SSSR count). The monoisotopic (exact) mass is 456 g/mol. The van der Waals surface area contributed by atoms with Gasteiger partial charge in [0.1, 0.15) is 28.9 Å². The number of nitro benzene ring substituents is 1. The van der Waals surface area contributed by atoms with Crippen molar-refractivity contribution in [2.45, 2.75) is 6.42 Å². The van der Waals surface area contributed by atoms with E-state index in [1.807, 2.05) is 36.5 Å². The number of H-pyrrole nitrogens is 1. The molecule has 34 heavy (non-hydrogen) atoms. The van der Waals surface area contributed by atoms with Gasteiger partial charge in [-0.15, -0.1) is 0 Å². The molecule has 0 unspecified atom stereocenters. The summed E-state index contributed by atoms with van der Waals surface area (Å²) in [4.78, 5) is 26.2. The van der Waals surface area contributed by atoms with Gasteiger partial charge in [0.15, 0.2) is 0 Å². The van der Waals surface area contributed by atoms with Crippen molar-refractivity contribution in [3.05, 3.63) is 87.8 Å². The zero-order valence-electron chi connectivity index (χ0n) is 18.2. The Morgan fingerprint density at radius 1 is 1.26 bits per heavy atom. The number of non-ortho nitro benzene ring substituents is 1. The van der Waals surface area contributed by atoms with Crippen LogP contribution in [0.1, 0.15) is 11.3 Å². The molecule has 2 heterocycles. The number of benzene rings is 2. The topological polar surface area (TPSA) is 134 Å². The molecule has 0 saturated heterocycles. The minimum Gasteiger partial charge on any atom is -0.496 e.